The number of fused-ring (bicyclic) bond motifs is 1. The number of amides is 1. The minimum absolute atomic E-state index is 0. The summed E-state index contributed by atoms with van der Waals surface area (Å²) in [6.45, 7) is 2.94. The maximum absolute atomic E-state index is 12.8. The van der Waals surface area contributed by atoms with E-state index >= 15 is 0 Å². The van der Waals surface area contributed by atoms with E-state index in [4.69, 9.17) is 0 Å². The molecule has 0 unspecified atom stereocenters. The number of nitrogens with one attached hydrogen (secondary N) is 3. The second-order valence-corrected chi connectivity index (χ2v) is 5.44. The minimum atomic E-state index is -4.46. The molecule has 0 atom stereocenters. The van der Waals surface area contributed by atoms with Crippen molar-refractivity contribution >= 4 is 24.0 Å². The van der Waals surface area contributed by atoms with Gasteiger partial charge in [0, 0.05) is 36.5 Å². The van der Waals surface area contributed by atoms with Gasteiger partial charge in [-0.05, 0) is 24.6 Å². The molecular weight excluding hydrogens is 345 g/mol. The Morgan fingerprint density at radius 2 is 2.08 bits per heavy atom. The van der Waals surface area contributed by atoms with Crippen LogP contribution in [0.25, 0.3) is 0 Å². The Morgan fingerprint density at radius 1 is 1.33 bits per heavy atom. The van der Waals surface area contributed by atoms with Crippen LogP contribution in [0.15, 0.2) is 18.2 Å². The largest absolute Gasteiger partial charge is 0.416 e. The van der Waals surface area contributed by atoms with Crippen LogP contribution in [-0.4, -0.2) is 22.6 Å². The number of hydrogen-bond donors (Lipinski definition) is 3. The van der Waals surface area contributed by atoms with E-state index in [1.165, 1.54) is 6.07 Å². The number of alkyl halides is 3. The van der Waals surface area contributed by atoms with Crippen LogP contribution in [0.2, 0.25) is 0 Å². The molecule has 1 amide bonds. The molecule has 0 fully saturated rings. The van der Waals surface area contributed by atoms with Gasteiger partial charge in [0.15, 0.2) is 5.69 Å². The van der Waals surface area contributed by atoms with E-state index in [9.17, 15) is 18.0 Å². The molecule has 0 saturated carbocycles. The first-order chi connectivity index (χ1) is 10.9. The highest BCUT2D eigenvalue weighted by Gasteiger charge is 2.31. The van der Waals surface area contributed by atoms with Crippen LogP contribution in [0.5, 0.6) is 0 Å². The Morgan fingerprint density at radius 3 is 2.79 bits per heavy atom. The van der Waals surface area contributed by atoms with Crippen molar-refractivity contribution in [2.45, 2.75) is 26.1 Å². The molecule has 1 aromatic heterocycles. The minimum Gasteiger partial charge on any atom is -0.320 e. The van der Waals surface area contributed by atoms with E-state index in [-0.39, 0.29) is 23.8 Å². The van der Waals surface area contributed by atoms with E-state index in [1.54, 1.807) is 6.92 Å². The first-order valence-corrected chi connectivity index (χ1v) is 7.12. The van der Waals surface area contributed by atoms with Crippen molar-refractivity contribution in [3.05, 3.63) is 46.3 Å². The Bertz CT molecular complexity index is 758. The van der Waals surface area contributed by atoms with Gasteiger partial charge in [0.25, 0.3) is 5.91 Å². The average Bonchev–Trinajstić information content (AvgIpc) is 2.92. The zero-order valence-electron chi connectivity index (χ0n) is 12.8. The lowest BCUT2D eigenvalue weighted by Gasteiger charge is -2.14. The van der Waals surface area contributed by atoms with E-state index in [0.717, 1.165) is 36.4 Å². The zero-order chi connectivity index (χ0) is 16.6. The Hall–Kier alpha value is -2.06. The molecule has 1 aliphatic heterocycles. The van der Waals surface area contributed by atoms with Crippen LogP contribution < -0.4 is 10.6 Å². The molecule has 130 valence electrons. The number of nitrogens with zero attached hydrogens (tertiary/aromatic N) is 1. The number of carbonyl (C=O) groups excluding carboxylic acids is 1. The van der Waals surface area contributed by atoms with Crippen LogP contribution >= 0.6 is 12.4 Å². The smallest absolute Gasteiger partial charge is 0.320 e. The molecule has 0 aliphatic carbocycles. The van der Waals surface area contributed by atoms with E-state index in [0.29, 0.717) is 12.1 Å². The quantitative estimate of drug-likeness (QED) is 0.771. The van der Waals surface area contributed by atoms with Gasteiger partial charge in [-0.1, -0.05) is 6.07 Å². The van der Waals surface area contributed by atoms with Crippen LogP contribution in [0.3, 0.4) is 0 Å². The van der Waals surface area contributed by atoms with Gasteiger partial charge >= 0.3 is 6.18 Å². The lowest BCUT2D eigenvalue weighted by Crippen LogP contribution is -2.25. The predicted molar refractivity (Wildman–Crippen MR) is 85.4 cm³/mol. The molecule has 1 aliphatic rings. The van der Waals surface area contributed by atoms with Gasteiger partial charge in [0.05, 0.1) is 5.56 Å². The first kappa shape index (κ1) is 18.3. The predicted octanol–water partition coefficient (Wildman–Crippen LogP) is 3.06. The molecule has 1 aromatic carbocycles. The van der Waals surface area contributed by atoms with Crippen molar-refractivity contribution in [3.63, 3.8) is 0 Å². The number of halogens is 4. The van der Waals surface area contributed by atoms with Crippen LogP contribution in [0, 0.1) is 6.92 Å². The molecule has 0 radical (unpaired) electrons. The molecule has 0 bridgehead atoms. The summed E-state index contributed by atoms with van der Waals surface area (Å²) in [4.78, 5) is 12.4. The summed E-state index contributed by atoms with van der Waals surface area (Å²) < 4.78 is 38.4. The van der Waals surface area contributed by atoms with Crippen LogP contribution in [0.1, 0.15) is 32.9 Å². The molecule has 0 saturated heterocycles. The SMILES string of the molecule is Cc1ccc(C(F)(F)F)cc1NC(=O)c1n[nH]c2c1CNCC2.Cl. The van der Waals surface area contributed by atoms with Crippen molar-refractivity contribution in [1.29, 1.82) is 0 Å². The van der Waals surface area contributed by atoms with Gasteiger partial charge < -0.3 is 10.6 Å². The number of aryl methyl sites for hydroxylation is 1. The third kappa shape index (κ3) is 3.54. The first-order valence-electron chi connectivity index (χ1n) is 7.12. The number of aromatic amines is 1. The monoisotopic (exact) mass is 360 g/mol. The highest BCUT2D eigenvalue weighted by atomic mass is 35.5. The Balaban J connectivity index is 0.00000208. The average molecular weight is 361 g/mol. The maximum atomic E-state index is 12.8. The third-order valence-electron chi connectivity index (χ3n) is 3.83. The third-order valence-corrected chi connectivity index (χ3v) is 3.83. The van der Waals surface area contributed by atoms with E-state index in [1.807, 2.05) is 0 Å². The highest BCUT2D eigenvalue weighted by Crippen LogP contribution is 2.32. The highest BCUT2D eigenvalue weighted by molar-refractivity contribution is 6.04. The second-order valence-electron chi connectivity index (χ2n) is 5.44. The molecule has 3 rings (SSSR count). The molecule has 2 heterocycles. The van der Waals surface area contributed by atoms with Gasteiger partial charge in [-0.2, -0.15) is 18.3 Å². The van der Waals surface area contributed by atoms with Crippen molar-refractivity contribution in [2.75, 3.05) is 11.9 Å². The molecular formula is C15H16ClF3N4O. The second kappa shape index (κ2) is 6.82. The van der Waals surface area contributed by atoms with Crippen molar-refractivity contribution in [1.82, 2.24) is 15.5 Å². The summed E-state index contributed by atoms with van der Waals surface area (Å²) in [5, 5.41) is 12.5. The number of rotatable bonds is 2. The number of benzene rings is 1. The normalized spacial score (nSPS) is 13.8. The number of hydrogen-bond acceptors (Lipinski definition) is 3. The number of anilines is 1. The van der Waals surface area contributed by atoms with Crippen molar-refractivity contribution in [2.24, 2.45) is 0 Å². The molecule has 24 heavy (non-hydrogen) atoms. The summed E-state index contributed by atoms with van der Waals surface area (Å²) in [7, 11) is 0. The van der Waals surface area contributed by atoms with E-state index in [2.05, 4.69) is 20.8 Å². The van der Waals surface area contributed by atoms with Crippen molar-refractivity contribution in [3.8, 4) is 0 Å². The number of aromatic nitrogens is 2. The Kier molecular flexibility index (Phi) is 5.19. The molecule has 9 heteroatoms. The number of H-pyrrole nitrogens is 1. The van der Waals surface area contributed by atoms with Gasteiger partial charge in [-0.3, -0.25) is 9.89 Å². The topological polar surface area (TPSA) is 69.8 Å². The molecule has 5 nitrogen and oxygen atoms in total. The van der Waals surface area contributed by atoms with Gasteiger partial charge in [0.2, 0.25) is 0 Å². The molecule has 3 N–H and O–H groups in total. The zero-order valence-corrected chi connectivity index (χ0v) is 13.6. The fourth-order valence-corrected chi connectivity index (χ4v) is 2.53. The fourth-order valence-electron chi connectivity index (χ4n) is 2.53. The lowest BCUT2D eigenvalue weighted by atomic mass is 10.1. The summed E-state index contributed by atoms with van der Waals surface area (Å²) in [5.41, 5.74) is 1.74. The fraction of sp³-hybridized carbons (Fsp3) is 0.333. The molecule has 2 aromatic rings. The summed E-state index contributed by atoms with van der Waals surface area (Å²) in [5.74, 6) is -0.520. The van der Waals surface area contributed by atoms with E-state index < -0.39 is 17.6 Å². The summed E-state index contributed by atoms with van der Waals surface area (Å²) in [6.07, 6.45) is -3.72. The summed E-state index contributed by atoms with van der Waals surface area (Å²) >= 11 is 0. The molecule has 0 spiro atoms. The van der Waals surface area contributed by atoms with Gasteiger partial charge in [-0.15, -0.1) is 12.4 Å². The summed E-state index contributed by atoms with van der Waals surface area (Å²) in [6, 6.07) is 3.26. The van der Waals surface area contributed by atoms with Gasteiger partial charge in [-0.25, -0.2) is 0 Å². The maximum Gasteiger partial charge on any atom is 0.416 e. The van der Waals surface area contributed by atoms with Crippen LogP contribution in [0.4, 0.5) is 18.9 Å². The number of carbonyl (C=O) groups is 1. The van der Waals surface area contributed by atoms with Gasteiger partial charge in [0.1, 0.15) is 0 Å². The van der Waals surface area contributed by atoms with Crippen molar-refractivity contribution < 1.29 is 18.0 Å². The Labute approximate surface area is 142 Å². The van der Waals surface area contributed by atoms with Crippen LogP contribution in [-0.2, 0) is 19.1 Å². The lowest BCUT2D eigenvalue weighted by molar-refractivity contribution is -0.137. The standard InChI is InChI=1S/C15H15F3N4O.ClH/c1-8-2-3-9(15(16,17)18)6-12(8)20-14(23)13-10-7-19-5-4-11(10)21-22-13;/h2-3,6,19H,4-5,7H2,1H3,(H,20,23)(H,21,22);1H.